The first-order valence-corrected chi connectivity index (χ1v) is 10.5. The van der Waals surface area contributed by atoms with E-state index in [1.165, 1.54) is 11.0 Å². The lowest BCUT2D eigenvalue weighted by Crippen LogP contribution is -2.45. The molecule has 2 heterocycles. The van der Waals surface area contributed by atoms with Crippen LogP contribution >= 0.6 is 0 Å². The first-order chi connectivity index (χ1) is 15.4. The second-order valence-corrected chi connectivity index (χ2v) is 7.63. The van der Waals surface area contributed by atoms with Crippen molar-refractivity contribution in [3.05, 3.63) is 48.4 Å². The lowest BCUT2D eigenvalue weighted by molar-refractivity contribution is -0.127. The number of nitrogens with zero attached hydrogens (tertiary/aromatic N) is 3. The first kappa shape index (κ1) is 23.4. The molecule has 0 saturated carbocycles. The van der Waals surface area contributed by atoms with Crippen LogP contribution in [0.15, 0.2) is 52.1 Å². The molecule has 8 nitrogen and oxygen atoms in total. The number of carbonyl (C=O) groups excluding carboxylic acids is 1. The Kier molecular flexibility index (Phi) is 8.29. The first-order valence-electron chi connectivity index (χ1n) is 10.5. The number of halogens is 2. The molecule has 174 valence electrons. The van der Waals surface area contributed by atoms with Crippen molar-refractivity contribution >= 4 is 17.6 Å². The molecule has 1 fully saturated rings. The molecule has 1 saturated heterocycles. The van der Waals surface area contributed by atoms with Crippen LogP contribution in [0.5, 0.6) is 5.75 Å². The number of para-hydroxylation sites is 2. The number of hydrogen-bond donors (Lipinski definition) is 2. The van der Waals surface area contributed by atoms with E-state index in [0.717, 1.165) is 12.2 Å². The molecule has 1 aliphatic heterocycles. The number of nitrogens with one attached hydrogen (secondary N) is 2. The molecule has 1 atom stereocenters. The maximum atomic E-state index is 12.7. The van der Waals surface area contributed by atoms with E-state index in [2.05, 4.69) is 20.4 Å². The van der Waals surface area contributed by atoms with Crippen molar-refractivity contribution in [1.82, 2.24) is 15.5 Å². The van der Waals surface area contributed by atoms with Crippen molar-refractivity contribution in [2.24, 2.45) is 4.99 Å². The molecular formula is C22H29F2N5O3. The molecule has 10 heteroatoms. The van der Waals surface area contributed by atoms with E-state index in [0.29, 0.717) is 37.7 Å². The highest BCUT2D eigenvalue weighted by molar-refractivity contribution is 5.85. The van der Waals surface area contributed by atoms with Gasteiger partial charge in [-0.25, -0.2) is 4.99 Å². The summed E-state index contributed by atoms with van der Waals surface area (Å²) >= 11 is 0. The van der Waals surface area contributed by atoms with Gasteiger partial charge in [0.1, 0.15) is 18.1 Å². The number of ether oxygens (including phenoxy) is 1. The minimum atomic E-state index is -2.88. The normalized spacial score (nSPS) is 16.3. The number of benzene rings is 1. The molecule has 0 radical (unpaired) electrons. The minimum absolute atomic E-state index is 0.0184. The Morgan fingerprint density at radius 1 is 1.31 bits per heavy atom. The van der Waals surface area contributed by atoms with E-state index < -0.39 is 6.61 Å². The van der Waals surface area contributed by atoms with Crippen molar-refractivity contribution in [3.8, 4) is 5.75 Å². The number of hydrogen-bond acceptors (Lipinski definition) is 5. The van der Waals surface area contributed by atoms with Gasteiger partial charge in [0.05, 0.1) is 12.0 Å². The quantitative estimate of drug-likeness (QED) is 0.452. The van der Waals surface area contributed by atoms with Crippen molar-refractivity contribution < 1.29 is 22.7 Å². The van der Waals surface area contributed by atoms with E-state index in [4.69, 9.17) is 4.42 Å². The Morgan fingerprint density at radius 3 is 2.84 bits per heavy atom. The van der Waals surface area contributed by atoms with Crippen LogP contribution in [0.1, 0.15) is 12.2 Å². The maximum Gasteiger partial charge on any atom is 0.387 e. The third kappa shape index (κ3) is 6.86. The van der Waals surface area contributed by atoms with Gasteiger partial charge >= 0.3 is 6.61 Å². The fourth-order valence-corrected chi connectivity index (χ4v) is 3.40. The van der Waals surface area contributed by atoms with Gasteiger partial charge in [-0.15, -0.1) is 0 Å². The fourth-order valence-electron chi connectivity index (χ4n) is 3.40. The molecule has 0 spiro atoms. The maximum absolute atomic E-state index is 12.7. The van der Waals surface area contributed by atoms with Crippen LogP contribution in [0.2, 0.25) is 0 Å². The summed E-state index contributed by atoms with van der Waals surface area (Å²) in [6, 6.07) is 10.5. The van der Waals surface area contributed by atoms with Gasteiger partial charge in [-0.2, -0.15) is 8.78 Å². The average molecular weight is 450 g/mol. The zero-order valence-corrected chi connectivity index (χ0v) is 18.3. The molecule has 1 aromatic heterocycles. The second-order valence-electron chi connectivity index (χ2n) is 7.63. The second kappa shape index (κ2) is 11.4. The SMILES string of the molecule is CN(C)C(=O)CN=C(NCCc1ccco1)NC1CCN(c2ccccc2OC(F)F)C1. The summed E-state index contributed by atoms with van der Waals surface area (Å²) in [5.41, 5.74) is 0.629. The number of furan rings is 1. The van der Waals surface area contributed by atoms with E-state index in [-0.39, 0.29) is 24.2 Å². The highest BCUT2D eigenvalue weighted by atomic mass is 19.3. The van der Waals surface area contributed by atoms with Crippen LogP contribution < -0.4 is 20.3 Å². The Labute approximate surface area is 186 Å². The van der Waals surface area contributed by atoms with Crippen LogP contribution in [0.4, 0.5) is 14.5 Å². The van der Waals surface area contributed by atoms with Crippen LogP contribution in [0.3, 0.4) is 0 Å². The largest absolute Gasteiger partial charge is 0.469 e. The standard InChI is InChI=1S/C22H29F2N5O3/c1-28(2)20(30)14-26-22(25-11-9-17-6-5-13-31-17)27-16-10-12-29(15-16)18-7-3-4-8-19(18)32-21(23)24/h3-8,13,16,21H,9-12,14-15H2,1-2H3,(H2,25,26,27). The third-order valence-electron chi connectivity index (χ3n) is 5.07. The topological polar surface area (TPSA) is 82.3 Å². The van der Waals surface area contributed by atoms with Crippen LogP contribution in [-0.2, 0) is 11.2 Å². The van der Waals surface area contributed by atoms with Crippen LogP contribution in [0.25, 0.3) is 0 Å². The molecule has 0 bridgehead atoms. The number of guanidine groups is 1. The van der Waals surface area contributed by atoms with Crippen molar-refractivity contribution in [3.63, 3.8) is 0 Å². The van der Waals surface area contributed by atoms with E-state index >= 15 is 0 Å². The summed E-state index contributed by atoms with van der Waals surface area (Å²) in [4.78, 5) is 19.9. The van der Waals surface area contributed by atoms with E-state index in [9.17, 15) is 13.6 Å². The molecule has 1 unspecified atom stereocenters. The smallest absolute Gasteiger partial charge is 0.387 e. The van der Waals surface area contributed by atoms with Gasteiger partial charge in [0.15, 0.2) is 5.96 Å². The number of likely N-dealkylation sites (N-methyl/N-ethyl adjacent to an activating group) is 1. The lowest BCUT2D eigenvalue weighted by atomic mass is 10.2. The van der Waals surface area contributed by atoms with Crippen LogP contribution in [-0.4, -0.2) is 69.7 Å². The monoisotopic (exact) mass is 449 g/mol. The number of carbonyl (C=O) groups is 1. The van der Waals surface area contributed by atoms with Crippen molar-refractivity contribution in [1.29, 1.82) is 0 Å². The van der Waals surface area contributed by atoms with Gasteiger partial charge in [0, 0.05) is 46.2 Å². The molecular weight excluding hydrogens is 420 g/mol. The highest BCUT2D eigenvalue weighted by Gasteiger charge is 2.26. The number of rotatable bonds is 9. The number of amides is 1. The minimum Gasteiger partial charge on any atom is -0.469 e. The highest BCUT2D eigenvalue weighted by Crippen LogP contribution is 2.31. The van der Waals surface area contributed by atoms with Crippen molar-refractivity contribution in [2.75, 3.05) is 45.2 Å². The summed E-state index contributed by atoms with van der Waals surface area (Å²) < 4.78 is 35.5. The molecule has 2 N–H and O–H groups in total. The van der Waals surface area contributed by atoms with Crippen LogP contribution in [0, 0.1) is 0 Å². The van der Waals surface area contributed by atoms with E-state index in [1.54, 1.807) is 38.6 Å². The van der Waals surface area contributed by atoms with Crippen molar-refractivity contribution in [2.45, 2.75) is 25.5 Å². The summed E-state index contributed by atoms with van der Waals surface area (Å²) in [6.07, 6.45) is 3.08. The Hall–Kier alpha value is -3.30. The van der Waals surface area contributed by atoms with Gasteiger partial charge < -0.3 is 29.6 Å². The number of alkyl halides is 2. The summed E-state index contributed by atoms with van der Waals surface area (Å²) in [7, 11) is 3.37. The predicted octanol–water partition coefficient (Wildman–Crippen LogP) is 2.33. The lowest BCUT2D eigenvalue weighted by Gasteiger charge is -2.22. The zero-order valence-electron chi connectivity index (χ0n) is 18.3. The summed E-state index contributed by atoms with van der Waals surface area (Å²) in [5.74, 6) is 1.42. The van der Waals surface area contributed by atoms with Gasteiger partial charge in [-0.1, -0.05) is 12.1 Å². The molecule has 1 aromatic carbocycles. The number of anilines is 1. The molecule has 1 aliphatic rings. The molecule has 0 aliphatic carbocycles. The molecule has 1 amide bonds. The Morgan fingerprint density at radius 2 is 2.12 bits per heavy atom. The average Bonchev–Trinajstić information content (AvgIpc) is 3.44. The molecule has 3 rings (SSSR count). The van der Waals surface area contributed by atoms with Gasteiger partial charge in [-0.05, 0) is 30.7 Å². The zero-order chi connectivity index (χ0) is 22.9. The summed E-state index contributed by atoms with van der Waals surface area (Å²) in [5, 5.41) is 6.59. The third-order valence-corrected chi connectivity index (χ3v) is 5.07. The van der Waals surface area contributed by atoms with Gasteiger partial charge in [-0.3, -0.25) is 4.79 Å². The van der Waals surface area contributed by atoms with Gasteiger partial charge in [0.25, 0.3) is 0 Å². The Bertz CT molecular complexity index is 889. The predicted molar refractivity (Wildman–Crippen MR) is 118 cm³/mol. The molecule has 2 aromatic rings. The Balaban J connectivity index is 1.61. The van der Waals surface area contributed by atoms with Gasteiger partial charge in [0.2, 0.25) is 5.91 Å². The number of aliphatic imine (C=N–C) groups is 1. The fraction of sp³-hybridized carbons (Fsp3) is 0.455. The van der Waals surface area contributed by atoms with E-state index in [1.807, 2.05) is 17.0 Å². The molecule has 32 heavy (non-hydrogen) atoms. The summed E-state index contributed by atoms with van der Waals surface area (Å²) in [6.45, 7) is -1.01.